The van der Waals surface area contributed by atoms with Crippen LogP contribution in [0.3, 0.4) is 0 Å². The van der Waals surface area contributed by atoms with Gasteiger partial charge in [0.15, 0.2) is 5.78 Å². The maximum absolute atomic E-state index is 11.7. The predicted molar refractivity (Wildman–Crippen MR) is 59.8 cm³/mol. The molecule has 2 heterocycles. The van der Waals surface area contributed by atoms with Crippen LogP contribution < -0.4 is 0 Å². The second kappa shape index (κ2) is 3.33. The predicted octanol–water partition coefficient (Wildman–Crippen LogP) is 1.73. The number of carbonyl (C=O) groups excluding carboxylic acids is 1. The van der Waals surface area contributed by atoms with Gasteiger partial charge >= 0.3 is 0 Å². The summed E-state index contributed by atoms with van der Waals surface area (Å²) in [6.45, 7) is 0. The smallest absolute Gasteiger partial charge is 0.164 e. The molecule has 0 unspecified atom stereocenters. The summed E-state index contributed by atoms with van der Waals surface area (Å²) >= 11 is 0. The van der Waals surface area contributed by atoms with Crippen LogP contribution in [0.1, 0.15) is 28.9 Å². The number of ketones is 1. The zero-order valence-electron chi connectivity index (χ0n) is 9.18. The van der Waals surface area contributed by atoms with Crippen molar-refractivity contribution in [3.05, 3.63) is 35.9 Å². The molecule has 0 bridgehead atoms. The first-order valence-electron chi connectivity index (χ1n) is 5.48. The number of carbonyl (C=O) groups is 1. The largest absolute Gasteiger partial charge is 0.317 e. The van der Waals surface area contributed by atoms with E-state index in [-0.39, 0.29) is 5.78 Å². The molecule has 0 saturated carbocycles. The van der Waals surface area contributed by atoms with Crippen molar-refractivity contribution in [3.63, 3.8) is 0 Å². The molecule has 0 aliphatic heterocycles. The first-order valence-corrected chi connectivity index (χ1v) is 5.48. The second-order valence-electron chi connectivity index (χ2n) is 4.20. The van der Waals surface area contributed by atoms with E-state index >= 15 is 0 Å². The van der Waals surface area contributed by atoms with E-state index in [2.05, 4.69) is 9.67 Å². The normalized spacial score (nSPS) is 15.2. The Morgan fingerprint density at radius 1 is 1.38 bits per heavy atom. The van der Waals surface area contributed by atoms with Crippen molar-refractivity contribution in [1.82, 2.24) is 14.3 Å². The van der Waals surface area contributed by atoms with Crippen molar-refractivity contribution in [2.45, 2.75) is 19.3 Å². The molecule has 0 fully saturated rings. The summed E-state index contributed by atoms with van der Waals surface area (Å²) in [4.78, 5) is 11.7. The number of aryl methyl sites for hydroxylation is 1. The standard InChI is InChI=1S/C12H13N3O/c1-14-8-9(7-13-14)15-6-5-10-11(15)3-2-4-12(10)16/h5-8H,2-4H2,1H3. The van der Waals surface area contributed by atoms with E-state index in [1.165, 1.54) is 0 Å². The number of fused-ring (bicyclic) bond motifs is 1. The summed E-state index contributed by atoms with van der Waals surface area (Å²) in [5.74, 6) is 0.267. The molecule has 0 amide bonds. The molecule has 82 valence electrons. The fourth-order valence-corrected chi connectivity index (χ4v) is 2.30. The lowest BCUT2D eigenvalue weighted by Crippen LogP contribution is -2.11. The van der Waals surface area contributed by atoms with Crippen LogP contribution in [0.25, 0.3) is 5.69 Å². The van der Waals surface area contributed by atoms with Gasteiger partial charge in [-0.25, -0.2) is 0 Å². The number of hydrogen-bond acceptors (Lipinski definition) is 2. The van der Waals surface area contributed by atoms with Gasteiger partial charge in [0, 0.05) is 37.1 Å². The highest BCUT2D eigenvalue weighted by atomic mass is 16.1. The summed E-state index contributed by atoms with van der Waals surface area (Å²) in [5.41, 5.74) is 3.04. The first kappa shape index (κ1) is 9.39. The van der Waals surface area contributed by atoms with Crippen LogP contribution in [0, 0.1) is 0 Å². The molecule has 1 aliphatic carbocycles. The minimum atomic E-state index is 0.267. The fourth-order valence-electron chi connectivity index (χ4n) is 2.30. The molecule has 2 aromatic heterocycles. The van der Waals surface area contributed by atoms with Crippen LogP contribution in [0.2, 0.25) is 0 Å². The third kappa shape index (κ3) is 1.30. The quantitative estimate of drug-likeness (QED) is 0.726. The summed E-state index contributed by atoms with van der Waals surface area (Å²) in [6.07, 6.45) is 8.35. The van der Waals surface area contributed by atoms with Gasteiger partial charge in [0.1, 0.15) is 0 Å². The van der Waals surface area contributed by atoms with Crippen molar-refractivity contribution < 1.29 is 4.79 Å². The average Bonchev–Trinajstić information content (AvgIpc) is 2.84. The van der Waals surface area contributed by atoms with Crippen LogP contribution in [0.4, 0.5) is 0 Å². The van der Waals surface area contributed by atoms with E-state index in [1.807, 2.05) is 31.7 Å². The van der Waals surface area contributed by atoms with Crippen LogP contribution in [0.15, 0.2) is 24.7 Å². The van der Waals surface area contributed by atoms with E-state index < -0.39 is 0 Å². The Morgan fingerprint density at radius 2 is 2.25 bits per heavy atom. The van der Waals surface area contributed by atoms with Gasteiger partial charge in [-0.2, -0.15) is 5.10 Å². The Morgan fingerprint density at radius 3 is 3.00 bits per heavy atom. The van der Waals surface area contributed by atoms with Gasteiger partial charge < -0.3 is 4.57 Å². The molecule has 0 spiro atoms. The third-order valence-corrected chi connectivity index (χ3v) is 3.08. The fraction of sp³-hybridized carbons (Fsp3) is 0.333. The number of aromatic nitrogens is 3. The molecule has 0 N–H and O–H groups in total. The van der Waals surface area contributed by atoms with Crippen LogP contribution in [0.5, 0.6) is 0 Å². The molecular weight excluding hydrogens is 202 g/mol. The molecule has 0 radical (unpaired) electrons. The van der Waals surface area contributed by atoms with E-state index in [0.29, 0.717) is 6.42 Å². The molecule has 0 saturated heterocycles. The zero-order chi connectivity index (χ0) is 11.1. The third-order valence-electron chi connectivity index (χ3n) is 3.08. The van der Waals surface area contributed by atoms with Gasteiger partial charge in [-0.3, -0.25) is 9.48 Å². The number of hydrogen-bond donors (Lipinski definition) is 0. The second-order valence-corrected chi connectivity index (χ2v) is 4.20. The van der Waals surface area contributed by atoms with Crippen LogP contribution >= 0.6 is 0 Å². The molecule has 4 heteroatoms. The van der Waals surface area contributed by atoms with E-state index in [4.69, 9.17) is 0 Å². The van der Waals surface area contributed by atoms with Crippen molar-refractivity contribution in [1.29, 1.82) is 0 Å². The highest BCUT2D eigenvalue weighted by Crippen LogP contribution is 2.24. The highest BCUT2D eigenvalue weighted by molar-refractivity contribution is 5.98. The SMILES string of the molecule is Cn1cc(-n2ccc3c2CCCC3=O)cn1. The molecule has 16 heavy (non-hydrogen) atoms. The number of Topliss-reactive ketones (excluding diaryl/α,β-unsaturated/α-hetero) is 1. The van der Waals surface area contributed by atoms with Crippen molar-refractivity contribution in [2.24, 2.45) is 7.05 Å². The van der Waals surface area contributed by atoms with Crippen LogP contribution in [-0.4, -0.2) is 20.1 Å². The van der Waals surface area contributed by atoms with Gasteiger partial charge in [-0.05, 0) is 18.9 Å². The first-order chi connectivity index (χ1) is 7.75. The molecule has 4 nitrogen and oxygen atoms in total. The monoisotopic (exact) mass is 215 g/mol. The molecule has 0 aromatic carbocycles. The van der Waals surface area contributed by atoms with Gasteiger partial charge in [0.05, 0.1) is 11.9 Å². The maximum Gasteiger partial charge on any atom is 0.164 e. The summed E-state index contributed by atoms with van der Waals surface area (Å²) in [6, 6.07) is 1.92. The summed E-state index contributed by atoms with van der Waals surface area (Å²) in [7, 11) is 1.89. The maximum atomic E-state index is 11.7. The average molecular weight is 215 g/mol. The lowest BCUT2D eigenvalue weighted by Gasteiger charge is -2.13. The lowest BCUT2D eigenvalue weighted by molar-refractivity contribution is 0.0972. The minimum absolute atomic E-state index is 0.267. The van der Waals surface area contributed by atoms with Gasteiger partial charge in [0.25, 0.3) is 0 Å². The van der Waals surface area contributed by atoms with E-state index in [1.54, 1.807) is 4.68 Å². The molecule has 0 atom stereocenters. The highest BCUT2D eigenvalue weighted by Gasteiger charge is 2.21. The van der Waals surface area contributed by atoms with Crippen molar-refractivity contribution in [3.8, 4) is 5.69 Å². The Labute approximate surface area is 93.5 Å². The lowest BCUT2D eigenvalue weighted by atomic mass is 9.97. The number of nitrogens with zero attached hydrogens (tertiary/aromatic N) is 3. The van der Waals surface area contributed by atoms with Crippen molar-refractivity contribution >= 4 is 5.78 Å². The number of rotatable bonds is 1. The van der Waals surface area contributed by atoms with E-state index in [0.717, 1.165) is 29.8 Å². The van der Waals surface area contributed by atoms with Gasteiger partial charge in [-0.15, -0.1) is 0 Å². The molecular formula is C12H13N3O. The Kier molecular flexibility index (Phi) is 1.96. The van der Waals surface area contributed by atoms with Gasteiger partial charge in [-0.1, -0.05) is 0 Å². The Bertz CT molecular complexity index is 550. The Hall–Kier alpha value is -1.84. The van der Waals surface area contributed by atoms with E-state index in [9.17, 15) is 4.79 Å². The molecule has 2 aromatic rings. The van der Waals surface area contributed by atoms with Crippen molar-refractivity contribution in [2.75, 3.05) is 0 Å². The summed E-state index contributed by atoms with van der Waals surface area (Å²) < 4.78 is 3.84. The summed E-state index contributed by atoms with van der Waals surface area (Å²) in [5, 5.41) is 4.15. The molecule has 3 rings (SSSR count). The molecule has 1 aliphatic rings. The zero-order valence-corrected chi connectivity index (χ0v) is 9.18. The Balaban J connectivity index is 2.12. The van der Waals surface area contributed by atoms with Gasteiger partial charge in [0.2, 0.25) is 0 Å². The topological polar surface area (TPSA) is 39.8 Å². The van der Waals surface area contributed by atoms with Crippen LogP contribution in [-0.2, 0) is 13.5 Å². The minimum Gasteiger partial charge on any atom is -0.317 e.